The Labute approximate surface area is 135 Å². The summed E-state index contributed by atoms with van der Waals surface area (Å²) in [4.78, 5) is 0.251. The summed E-state index contributed by atoms with van der Waals surface area (Å²) in [5, 5.41) is 9.32. The maximum absolute atomic E-state index is 13.0. The summed E-state index contributed by atoms with van der Waals surface area (Å²) in [5.41, 5.74) is 1.43. The minimum atomic E-state index is -3.57. The number of benzene rings is 1. The minimum Gasteiger partial charge on any atom is -0.392 e. The van der Waals surface area contributed by atoms with Crippen LogP contribution in [-0.4, -0.2) is 30.4 Å². The van der Waals surface area contributed by atoms with Gasteiger partial charge in [0.15, 0.2) is 0 Å². The molecule has 0 radical (unpaired) electrons. The van der Waals surface area contributed by atoms with Gasteiger partial charge in [0.1, 0.15) is 0 Å². The van der Waals surface area contributed by atoms with Gasteiger partial charge in [0.2, 0.25) is 10.0 Å². The highest BCUT2D eigenvalue weighted by molar-refractivity contribution is 9.10. The lowest BCUT2D eigenvalue weighted by molar-refractivity contribution is 0.281. The number of aliphatic hydroxyl groups excluding tert-OH is 1. The van der Waals surface area contributed by atoms with Gasteiger partial charge >= 0.3 is 0 Å². The van der Waals surface area contributed by atoms with E-state index in [2.05, 4.69) is 15.9 Å². The van der Waals surface area contributed by atoms with Crippen molar-refractivity contribution in [2.75, 3.05) is 6.54 Å². The molecule has 1 aromatic rings. The molecule has 1 aliphatic carbocycles. The summed E-state index contributed by atoms with van der Waals surface area (Å²) in [6.07, 6.45) is 2.21. The third-order valence-electron chi connectivity index (χ3n) is 3.76. The molecule has 118 valence electrons. The number of hydrogen-bond donors (Lipinski definition) is 1. The molecule has 4 nitrogen and oxygen atoms in total. The highest BCUT2D eigenvalue weighted by Crippen LogP contribution is 2.35. The van der Waals surface area contributed by atoms with Crippen molar-refractivity contribution in [1.82, 2.24) is 4.31 Å². The Kier molecular flexibility index (Phi) is 5.13. The predicted octanol–water partition coefficient (Wildman–Crippen LogP) is 3.06. The average Bonchev–Trinajstić information content (AvgIpc) is 3.22. The first-order valence-corrected chi connectivity index (χ1v) is 9.42. The van der Waals surface area contributed by atoms with Gasteiger partial charge in [0.05, 0.1) is 11.5 Å². The SMILES string of the molecule is Cc1cc(CO)cc(S(=O)(=O)N(CC2CC2)C(C)C)c1Br. The summed E-state index contributed by atoms with van der Waals surface area (Å²) in [6.45, 7) is 6.05. The van der Waals surface area contributed by atoms with Gasteiger partial charge in [0.25, 0.3) is 0 Å². The maximum atomic E-state index is 13.0. The average molecular weight is 376 g/mol. The van der Waals surface area contributed by atoms with Crippen LogP contribution in [0.4, 0.5) is 0 Å². The summed E-state index contributed by atoms with van der Waals surface area (Å²) < 4.78 is 28.1. The van der Waals surface area contributed by atoms with Crippen molar-refractivity contribution in [3.05, 3.63) is 27.7 Å². The molecule has 1 saturated carbocycles. The molecule has 0 spiro atoms. The molecule has 0 heterocycles. The summed E-state index contributed by atoms with van der Waals surface area (Å²) >= 11 is 3.39. The lowest BCUT2D eigenvalue weighted by Crippen LogP contribution is -2.38. The highest BCUT2D eigenvalue weighted by atomic mass is 79.9. The van der Waals surface area contributed by atoms with Crippen LogP contribution in [0.25, 0.3) is 0 Å². The van der Waals surface area contributed by atoms with E-state index < -0.39 is 10.0 Å². The zero-order valence-corrected chi connectivity index (χ0v) is 15.0. The molecule has 0 aromatic heterocycles. The smallest absolute Gasteiger partial charge is 0.244 e. The Balaban J connectivity index is 2.48. The number of nitrogens with zero attached hydrogens (tertiary/aromatic N) is 1. The number of sulfonamides is 1. The summed E-state index contributed by atoms with van der Waals surface area (Å²) in [5.74, 6) is 0.489. The topological polar surface area (TPSA) is 57.6 Å². The van der Waals surface area contributed by atoms with E-state index in [-0.39, 0.29) is 17.5 Å². The molecule has 21 heavy (non-hydrogen) atoms. The lowest BCUT2D eigenvalue weighted by Gasteiger charge is -2.27. The number of hydrogen-bond acceptors (Lipinski definition) is 3. The maximum Gasteiger partial charge on any atom is 0.244 e. The van der Waals surface area contributed by atoms with Crippen LogP contribution in [-0.2, 0) is 16.6 Å². The van der Waals surface area contributed by atoms with Crippen molar-refractivity contribution in [3.63, 3.8) is 0 Å². The number of aliphatic hydroxyl groups is 1. The first-order chi connectivity index (χ1) is 9.77. The van der Waals surface area contributed by atoms with E-state index in [0.29, 0.717) is 22.5 Å². The Hall–Kier alpha value is -0.430. The zero-order chi connectivity index (χ0) is 15.8. The molecule has 1 aliphatic rings. The van der Waals surface area contributed by atoms with Gasteiger partial charge in [-0.2, -0.15) is 4.31 Å². The molecule has 0 unspecified atom stereocenters. The third kappa shape index (κ3) is 3.67. The van der Waals surface area contributed by atoms with E-state index in [9.17, 15) is 13.5 Å². The number of aryl methyl sites for hydroxylation is 1. The monoisotopic (exact) mass is 375 g/mol. The van der Waals surface area contributed by atoms with Crippen LogP contribution < -0.4 is 0 Å². The van der Waals surface area contributed by atoms with Gasteiger partial charge in [-0.05, 0) is 72.7 Å². The molecular weight excluding hydrogens is 354 g/mol. The molecular formula is C15H22BrNO3S. The molecule has 1 N–H and O–H groups in total. The van der Waals surface area contributed by atoms with Crippen molar-refractivity contribution >= 4 is 26.0 Å². The fourth-order valence-electron chi connectivity index (χ4n) is 2.36. The fraction of sp³-hybridized carbons (Fsp3) is 0.600. The first kappa shape index (κ1) is 16.9. The van der Waals surface area contributed by atoms with Gasteiger partial charge in [-0.15, -0.1) is 0 Å². The van der Waals surface area contributed by atoms with Crippen LogP contribution in [0.15, 0.2) is 21.5 Å². The molecule has 0 aliphatic heterocycles. The van der Waals surface area contributed by atoms with Crippen molar-refractivity contribution in [3.8, 4) is 0 Å². The van der Waals surface area contributed by atoms with E-state index >= 15 is 0 Å². The van der Waals surface area contributed by atoms with Crippen molar-refractivity contribution in [2.24, 2.45) is 5.92 Å². The quantitative estimate of drug-likeness (QED) is 0.830. The van der Waals surface area contributed by atoms with Crippen LogP contribution in [0.2, 0.25) is 0 Å². The van der Waals surface area contributed by atoms with Crippen LogP contribution in [0.1, 0.15) is 37.8 Å². The second-order valence-corrected chi connectivity index (χ2v) is 8.65. The van der Waals surface area contributed by atoms with Crippen LogP contribution >= 0.6 is 15.9 Å². The van der Waals surface area contributed by atoms with Crippen molar-refractivity contribution in [2.45, 2.75) is 51.2 Å². The fourth-order valence-corrected chi connectivity index (χ4v) is 5.10. The highest BCUT2D eigenvalue weighted by Gasteiger charge is 2.34. The molecule has 1 fully saturated rings. The Bertz CT molecular complexity index is 624. The molecule has 2 rings (SSSR count). The molecule has 1 aromatic carbocycles. The normalized spacial score (nSPS) is 16.0. The van der Waals surface area contributed by atoms with E-state index in [1.807, 2.05) is 20.8 Å². The Morgan fingerprint density at radius 2 is 2.00 bits per heavy atom. The first-order valence-electron chi connectivity index (χ1n) is 7.19. The largest absolute Gasteiger partial charge is 0.392 e. The third-order valence-corrected chi connectivity index (χ3v) is 7.14. The lowest BCUT2D eigenvalue weighted by atomic mass is 10.1. The van der Waals surface area contributed by atoms with E-state index in [1.54, 1.807) is 16.4 Å². The standard InChI is InChI=1S/C15H22BrNO3S/c1-10(2)17(8-12-4-5-12)21(19,20)14-7-13(9-18)6-11(3)15(14)16/h6-7,10,12,18H,4-5,8-9H2,1-3H3. The van der Waals surface area contributed by atoms with Gasteiger partial charge in [-0.25, -0.2) is 8.42 Å². The van der Waals surface area contributed by atoms with Crippen molar-refractivity contribution in [1.29, 1.82) is 0 Å². The number of halogens is 1. The second kappa shape index (κ2) is 6.36. The summed E-state index contributed by atoms with van der Waals surface area (Å²) in [7, 11) is -3.57. The van der Waals surface area contributed by atoms with E-state index in [0.717, 1.165) is 18.4 Å². The molecule has 0 bridgehead atoms. The van der Waals surface area contributed by atoms with Crippen LogP contribution in [0.3, 0.4) is 0 Å². The van der Waals surface area contributed by atoms with Gasteiger partial charge in [0, 0.05) is 17.1 Å². The second-order valence-electron chi connectivity index (χ2n) is 5.99. The molecule has 6 heteroatoms. The van der Waals surface area contributed by atoms with E-state index in [4.69, 9.17) is 0 Å². The van der Waals surface area contributed by atoms with Crippen LogP contribution in [0.5, 0.6) is 0 Å². The van der Waals surface area contributed by atoms with Gasteiger partial charge < -0.3 is 5.11 Å². The number of rotatable bonds is 6. The van der Waals surface area contributed by atoms with Gasteiger partial charge in [-0.3, -0.25) is 0 Å². The Morgan fingerprint density at radius 1 is 1.38 bits per heavy atom. The van der Waals surface area contributed by atoms with E-state index in [1.165, 1.54) is 0 Å². The zero-order valence-electron chi connectivity index (χ0n) is 12.6. The minimum absolute atomic E-state index is 0.0828. The Morgan fingerprint density at radius 3 is 2.48 bits per heavy atom. The predicted molar refractivity (Wildman–Crippen MR) is 86.6 cm³/mol. The molecule has 0 saturated heterocycles. The van der Waals surface area contributed by atoms with Gasteiger partial charge in [-0.1, -0.05) is 6.07 Å². The molecule has 0 atom stereocenters. The summed E-state index contributed by atoms with van der Waals surface area (Å²) in [6, 6.07) is 3.28. The van der Waals surface area contributed by atoms with Crippen LogP contribution in [0, 0.1) is 12.8 Å². The van der Waals surface area contributed by atoms with Crippen molar-refractivity contribution < 1.29 is 13.5 Å². The molecule has 0 amide bonds.